The normalized spacial score (nSPS) is 13.1. The number of sulfonamides is 1. The highest BCUT2D eigenvalue weighted by Gasteiger charge is 2.30. The van der Waals surface area contributed by atoms with Crippen LogP contribution in [0.25, 0.3) is 11.3 Å². The van der Waals surface area contributed by atoms with Gasteiger partial charge in [-0.2, -0.15) is 13.2 Å². The van der Waals surface area contributed by atoms with E-state index in [2.05, 4.69) is 4.99 Å². The number of halogens is 4. The highest BCUT2D eigenvalue weighted by atomic mass is 35.5. The fraction of sp³-hybridized carbons (Fsp3) is 0.118. The van der Waals surface area contributed by atoms with Gasteiger partial charge in [-0.15, -0.1) is 11.3 Å². The minimum absolute atomic E-state index is 0.102. The second kappa shape index (κ2) is 7.36. The molecule has 0 amide bonds. The molecule has 0 radical (unpaired) electrons. The van der Waals surface area contributed by atoms with Gasteiger partial charge in [-0.3, -0.25) is 0 Å². The third-order valence-electron chi connectivity index (χ3n) is 3.86. The van der Waals surface area contributed by atoms with Gasteiger partial charge in [0.25, 0.3) is 0 Å². The van der Waals surface area contributed by atoms with Gasteiger partial charge in [-0.05, 0) is 36.4 Å². The minimum atomic E-state index is -4.46. The lowest BCUT2D eigenvalue weighted by Crippen LogP contribution is -2.13. The third-order valence-corrected chi connectivity index (χ3v) is 6.02. The Bertz CT molecular complexity index is 1210. The molecule has 148 valence electrons. The molecule has 1 aromatic heterocycles. The summed E-state index contributed by atoms with van der Waals surface area (Å²) in [6.07, 6.45) is -4.46. The molecule has 3 aromatic rings. The summed E-state index contributed by atoms with van der Waals surface area (Å²) in [7, 11) is -2.27. The molecule has 5 nitrogen and oxygen atoms in total. The molecule has 0 aliphatic heterocycles. The Labute approximate surface area is 167 Å². The molecule has 0 atom stereocenters. The number of nitrogens with zero attached hydrogens (tertiary/aromatic N) is 2. The van der Waals surface area contributed by atoms with Crippen LogP contribution in [0, 0.1) is 0 Å². The first-order chi connectivity index (χ1) is 13.0. The Balaban J connectivity index is 2.10. The van der Waals surface area contributed by atoms with Crippen LogP contribution in [0.4, 0.5) is 18.9 Å². The molecule has 0 saturated heterocycles. The minimum Gasteiger partial charge on any atom is -0.319 e. The lowest BCUT2D eigenvalue weighted by atomic mass is 10.2. The smallest absolute Gasteiger partial charge is 0.319 e. The zero-order chi connectivity index (χ0) is 20.7. The third kappa shape index (κ3) is 4.30. The van der Waals surface area contributed by atoms with Crippen LogP contribution in [0.15, 0.2) is 57.7 Å². The van der Waals surface area contributed by atoms with E-state index in [0.29, 0.717) is 21.1 Å². The van der Waals surface area contributed by atoms with Crippen LogP contribution in [-0.4, -0.2) is 13.0 Å². The Morgan fingerprint density at radius 3 is 2.54 bits per heavy atom. The van der Waals surface area contributed by atoms with E-state index in [0.717, 1.165) is 12.1 Å². The number of benzene rings is 2. The van der Waals surface area contributed by atoms with E-state index in [1.54, 1.807) is 17.0 Å². The Kier molecular flexibility index (Phi) is 5.41. The molecule has 0 aliphatic rings. The molecular weight excluding hydrogens is 435 g/mol. The summed E-state index contributed by atoms with van der Waals surface area (Å²) in [4.78, 5) is 4.56. The van der Waals surface area contributed by atoms with Crippen molar-refractivity contribution in [3.63, 3.8) is 0 Å². The summed E-state index contributed by atoms with van der Waals surface area (Å²) in [5.74, 6) is 0. The number of alkyl halides is 3. The molecule has 0 aliphatic carbocycles. The average molecular weight is 448 g/mol. The van der Waals surface area contributed by atoms with E-state index >= 15 is 0 Å². The predicted octanol–water partition coefficient (Wildman–Crippen LogP) is 4.31. The van der Waals surface area contributed by atoms with Crippen LogP contribution in [0.3, 0.4) is 0 Å². The van der Waals surface area contributed by atoms with Crippen molar-refractivity contribution in [1.82, 2.24) is 4.57 Å². The van der Waals surface area contributed by atoms with Gasteiger partial charge < -0.3 is 4.57 Å². The molecule has 3 rings (SSSR count). The lowest BCUT2D eigenvalue weighted by molar-refractivity contribution is -0.137. The molecule has 0 fully saturated rings. The van der Waals surface area contributed by atoms with Crippen molar-refractivity contribution in [3.05, 3.63) is 63.2 Å². The summed E-state index contributed by atoms with van der Waals surface area (Å²) in [6, 6.07) is 8.71. The summed E-state index contributed by atoms with van der Waals surface area (Å²) in [5.41, 5.74) is 0.309. The molecule has 2 aromatic carbocycles. The molecule has 2 N–H and O–H groups in total. The lowest BCUT2D eigenvalue weighted by Gasteiger charge is -2.08. The maximum Gasteiger partial charge on any atom is 0.416 e. The highest BCUT2D eigenvalue weighted by Crippen LogP contribution is 2.32. The van der Waals surface area contributed by atoms with Crippen LogP contribution < -0.4 is 9.94 Å². The Morgan fingerprint density at radius 1 is 1.18 bits per heavy atom. The van der Waals surface area contributed by atoms with Crippen molar-refractivity contribution in [2.45, 2.75) is 11.1 Å². The van der Waals surface area contributed by atoms with Gasteiger partial charge in [0, 0.05) is 23.0 Å². The topological polar surface area (TPSA) is 77.5 Å². The molecular formula is C17H13ClF3N3O2S2. The van der Waals surface area contributed by atoms with Crippen molar-refractivity contribution in [3.8, 4) is 11.3 Å². The number of hydrogen-bond acceptors (Lipinski definition) is 4. The van der Waals surface area contributed by atoms with Crippen LogP contribution in [0.5, 0.6) is 0 Å². The predicted molar refractivity (Wildman–Crippen MR) is 102 cm³/mol. The number of thiazole rings is 1. The monoisotopic (exact) mass is 447 g/mol. The molecule has 0 saturated carbocycles. The van der Waals surface area contributed by atoms with Gasteiger partial charge in [0.2, 0.25) is 10.0 Å². The summed E-state index contributed by atoms with van der Waals surface area (Å²) in [6.45, 7) is 0. The van der Waals surface area contributed by atoms with E-state index in [1.165, 1.54) is 41.7 Å². The summed E-state index contributed by atoms with van der Waals surface area (Å²) < 4.78 is 63.4. The van der Waals surface area contributed by atoms with Crippen molar-refractivity contribution < 1.29 is 21.6 Å². The van der Waals surface area contributed by atoms with Gasteiger partial charge in [-0.25, -0.2) is 18.5 Å². The first-order valence-electron chi connectivity index (χ1n) is 7.66. The van der Waals surface area contributed by atoms with E-state index < -0.39 is 21.8 Å². The molecule has 28 heavy (non-hydrogen) atoms. The van der Waals surface area contributed by atoms with Crippen LogP contribution in [0.2, 0.25) is 5.02 Å². The average Bonchev–Trinajstić information content (AvgIpc) is 2.94. The van der Waals surface area contributed by atoms with Gasteiger partial charge in [0.05, 0.1) is 21.8 Å². The van der Waals surface area contributed by atoms with E-state index in [-0.39, 0.29) is 10.6 Å². The SMILES string of the molecule is Cn1c(-c2cc(S(N)(=O)=O)ccc2Cl)csc1=Nc1cccc(C(F)(F)F)c1. The first-order valence-corrected chi connectivity index (χ1v) is 10.5. The Morgan fingerprint density at radius 2 is 1.89 bits per heavy atom. The van der Waals surface area contributed by atoms with Gasteiger partial charge in [0.1, 0.15) is 0 Å². The maximum atomic E-state index is 12.9. The quantitative estimate of drug-likeness (QED) is 0.649. The van der Waals surface area contributed by atoms with Crippen LogP contribution >= 0.6 is 22.9 Å². The standard InChI is InChI=1S/C17H13ClF3N3O2S2/c1-24-15(13-8-12(28(22,25)26)5-6-14(13)18)9-27-16(24)23-11-4-2-3-10(7-11)17(19,20)21/h2-9H,1H3,(H2,22,25,26). The zero-order valence-corrected chi connectivity index (χ0v) is 16.6. The fourth-order valence-corrected chi connectivity index (χ4v) is 4.13. The largest absolute Gasteiger partial charge is 0.416 e. The van der Waals surface area contributed by atoms with E-state index in [4.69, 9.17) is 16.7 Å². The van der Waals surface area contributed by atoms with E-state index in [9.17, 15) is 21.6 Å². The van der Waals surface area contributed by atoms with Crippen molar-refractivity contribution in [2.75, 3.05) is 0 Å². The fourth-order valence-electron chi connectivity index (χ4n) is 2.46. The molecule has 0 spiro atoms. The zero-order valence-electron chi connectivity index (χ0n) is 14.2. The first kappa shape index (κ1) is 20.6. The van der Waals surface area contributed by atoms with Crippen LogP contribution in [0.1, 0.15) is 5.56 Å². The summed E-state index contributed by atoms with van der Waals surface area (Å²) in [5, 5.41) is 7.14. The Hall–Kier alpha value is -2.14. The number of primary sulfonamides is 1. The second-order valence-electron chi connectivity index (χ2n) is 5.81. The van der Waals surface area contributed by atoms with E-state index in [1.807, 2.05) is 0 Å². The van der Waals surface area contributed by atoms with Gasteiger partial charge in [0.15, 0.2) is 4.80 Å². The number of hydrogen-bond donors (Lipinski definition) is 1. The highest BCUT2D eigenvalue weighted by molar-refractivity contribution is 7.89. The number of rotatable bonds is 3. The maximum absolute atomic E-state index is 12.9. The van der Waals surface area contributed by atoms with Gasteiger partial charge in [-0.1, -0.05) is 17.7 Å². The molecule has 0 bridgehead atoms. The molecule has 11 heteroatoms. The molecule has 1 heterocycles. The number of nitrogens with two attached hydrogens (primary N) is 1. The van der Waals surface area contributed by atoms with Crippen molar-refractivity contribution >= 4 is 38.6 Å². The summed E-state index contributed by atoms with van der Waals surface area (Å²) >= 11 is 7.37. The van der Waals surface area contributed by atoms with Gasteiger partial charge >= 0.3 is 6.18 Å². The number of aromatic nitrogens is 1. The molecule has 0 unspecified atom stereocenters. The second-order valence-corrected chi connectivity index (χ2v) is 8.61. The van der Waals surface area contributed by atoms with Crippen LogP contribution in [-0.2, 0) is 23.2 Å². The van der Waals surface area contributed by atoms with Crippen molar-refractivity contribution in [2.24, 2.45) is 17.2 Å². The van der Waals surface area contributed by atoms with Crippen molar-refractivity contribution in [1.29, 1.82) is 0 Å².